The van der Waals surface area contributed by atoms with Gasteiger partial charge in [0.1, 0.15) is 5.75 Å². The fraction of sp³-hybridized carbons (Fsp3) is 0.235. The van der Waals surface area contributed by atoms with E-state index in [2.05, 4.69) is 0 Å². The normalized spacial score (nSPS) is 12.0. The summed E-state index contributed by atoms with van der Waals surface area (Å²) in [5.74, 6) is -0.619. The minimum absolute atomic E-state index is 0.298. The van der Waals surface area contributed by atoms with Gasteiger partial charge in [0, 0.05) is 6.42 Å². The van der Waals surface area contributed by atoms with Crippen LogP contribution in [0.1, 0.15) is 16.7 Å². The van der Waals surface area contributed by atoms with Gasteiger partial charge in [0.2, 0.25) is 0 Å². The molecule has 0 saturated heterocycles. The smallest absolute Gasteiger partial charge is 0.345 e. The Hall–Kier alpha value is -2.00. The first-order valence-electron chi connectivity index (χ1n) is 6.67. The quantitative estimate of drug-likeness (QED) is 0.907. The average Bonchev–Trinajstić information content (AvgIpc) is 2.42. The molecule has 2 aromatic rings. The minimum Gasteiger partial charge on any atom is -0.478 e. The number of carboxylic acid groups (broad SMARTS) is 1. The van der Waals surface area contributed by atoms with E-state index < -0.39 is 12.1 Å². The fourth-order valence-electron chi connectivity index (χ4n) is 2.15. The highest BCUT2D eigenvalue weighted by molar-refractivity contribution is 6.32. The second-order valence-corrected chi connectivity index (χ2v) is 5.42. The van der Waals surface area contributed by atoms with Gasteiger partial charge in [0.15, 0.2) is 6.10 Å². The molecule has 0 aliphatic heterocycles. The van der Waals surface area contributed by atoms with Crippen LogP contribution >= 0.6 is 11.6 Å². The van der Waals surface area contributed by atoms with E-state index in [1.165, 1.54) is 0 Å². The molecule has 2 rings (SSSR count). The maximum atomic E-state index is 11.4. The van der Waals surface area contributed by atoms with Gasteiger partial charge in [-0.3, -0.25) is 0 Å². The van der Waals surface area contributed by atoms with Crippen LogP contribution in [0.5, 0.6) is 5.75 Å². The molecule has 0 aromatic heterocycles. The lowest BCUT2D eigenvalue weighted by atomic mass is 10.0. The molecule has 0 saturated carbocycles. The molecule has 0 amide bonds. The SMILES string of the molecule is Cc1ccc(C[C@H](Oc2ccccc2Cl)C(=O)O)c(C)c1. The predicted octanol–water partition coefficient (Wildman–Crippen LogP) is 4.03. The van der Waals surface area contributed by atoms with Crippen LogP contribution in [0.2, 0.25) is 5.02 Å². The molecule has 0 bridgehead atoms. The summed E-state index contributed by atoms with van der Waals surface area (Å²) < 4.78 is 5.56. The van der Waals surface area contributed by atoms with Crippen LogP contribution in [0.4, 0.5) is 0 Å². The number of carbonyl (C=O) groups is 1. The van der Waals surface area contributed by atoms with Crippen LogP contribution in [-0.2, 0) is 11.2 Å². The third-order valence-corrected chi connectivity index (χ3v) is 3.60. The molecule has 0 spiro atoms. The maximum Gasteiger partial charge on any atom is 0.345 e. The number of aliphatic carboxylic acids is 1. The van der Waals surface area contributed by atoms with Gasteiger partial charge in [-0.15, -0.1) is 0 Å². The Labute approximate surface area is 129 Å². The zero-order valence-corrected chi connectivity index (χ0v) is 12.7. The summed E-state index contributed by atoms with van der Waals surface area (Å²) in [5, 5.41) is 9.77. The number of ether oxygens (including phenoxy) is 1. The monoisotopic (exact) mass is 304 g/mol. The van der Waals surface area contributed by atoms with E-state index in [1.54, 1.807) is 24.3 Å². The molecule has 0 unspecified atom stereocenters. The van der Waals surface area contributed by atoms with Crippen molar-refractivity contribution in [1.82, 2.24) is 0 Å². The highest BCUT2D eigenvalue weighted by Crippen LogP contribution is 2.25. The Kier molecular flexibility index (Phi) is 4.86. The zero-order valence-electron chi connectivity index (χ0n) is 12.0. The molecule has 4 heteroatoms. The Morgan fingerprint density at radius 2 is 1.95 bits per heavy atom. The summed E-state index contributed by atoms with van der Waals surface area (Å²) in [6, 6.07) is 12.8. The lowest BCUT2D eigenvalue weighted by Crippen LogP contribution is -2.29. The van der Waals surface area contributed by atoms with E-state index in [0.29, 0.717) is 17.2 Å². The number of aryl methyl sites for hydroxylation is 2. The first kappa shape index (κ1) is 15.4. The molecule has 2 aromatic carbocycles. The van der Waals surface area contributed by atoms with Crippen molar-refractivity contribution in [2.24, 2.45) is 0 Å². The largest absolute Gasteiger partial charge is 0.478 e. The van der Waals surface area contributed by atoms with E-state index in [9.17, 15) is 9.90 Å². The molecular weight excluding hydrogens is 288 g/mol. The van der Waals surface area contributed by atoms with Crippen molar-refractivity contribution in [3.8, 4) is 5.75 Å². The number of para-hydroxylation sites is 1. The number of rotatable bonds is 5. The van der Waals surface area contributed by atoms with E-state index in [4.69, 9.17) is 16.3 Å². The summed E-state index contributed by atoms with van der Waals surface area (Å²) in [6.45, 7) is 3.97. The van der Waals surface area contributed by atoms with Crippen molar-refractivity contribution < 1.29 is 14.6 Å². The first-order valence-corrected chi connectivity index (χ1v) is 7.05. The summed E-state index contributed by atoms with van der Waals surface area (Å²) in [4.78, 5) is 11.4. The van der Waals surface area contributed by atoms with Crippen LogP contribution in [0.25, 0.3) is 0 Å². The highest BCUT2D eigenvalue weighted by Gasteiger charge is 2.21. The Bertz CT molecular complexity index is 652. The van der Waals surface area contributed by atoms with E-state index in [1.807, 2.05) is 32.0 Å². The lowest BCUT2D eigenvalue weighted by molar-refractivity contribution is -0.145. The fourth-order valence-corrected chi connectivity index (χ4v) is 2.33. The van der Waals surface area contributed by atoms with Crippen LogP contribution in [0.3, 0.4) is 0 Å². The summed E-state index contributed by atoms with van der Waals surface area (Å²) in [5.41, 5.74) is 3.17. The van der Waals surface area contributed by atoms with E-state index >= 15 is 0 Å². The summed E-state index contributed by atoms with van der Waals surface area (Å²) >= 11 is 6.01. The minimum atomic E-state index is -1.00. The molecular formula is C17H17ClO3. The van der Waals surface area contributed by atoms with Gasteiger partial charge >= 0.3 is 5.97 Å². The van der Waals surface area contributed by atoms with E-state index in [0.717, 1.165) is 16.7 Å². The number of benzene rings is 2. The molecule has 0 fully saturated rings. The first-order chi connectivity index (χ1) is 9.97. The lowest BCUT2D eigenvalue weighted by Gasteiger charge is -2.17. The average molecular weight is 305 g/mol. The van der Waals surface area contributed by atoms with Crippen molar-refractivity contribution in [3.05, 3.63) is 64.2 Å². The van der Waals surface area contributed by atoms with Crippen molar-refractivity contribution in [3.63, 3.8) is 0 Å². The Morgan fingerprint density at radius 1 is 1.24 bits per heavy atom. The van der Waals surface area contributed by atoms with Crippen molar-refractivity contribution in [1.29, 1.82) is 0 Å². The van der Waals surface area contributed by atoms with Crippen molar-refractivity contribution >= 4 is 17.6 Å². The molecule has 110 valence electrons. The van der Waals surface area contributed by atoms with Gasteiger partial charge in [-0.05, 0) is 37.1 Å². The van der Waals surface area contributed by atoms with Crippen molar-refractivity contribution in [2.45, 2.75) is 26.4 Å². The third-order valence-electron chi connectivity index (χ3n) is 3.28. The molecule has 0 heterocycles. The molecule has 21 heavy (non-hydrogen) atoms. The predicted molar refractivity (Wildman–Crippen MR) is 83.1 cm³/mol. The molecule has 0 radical (unpaired) electrons. The summed E-state index contributed by atoms with van der Waals surface area (Å²) in [6.07, 6.45) is -0.668. The number of halogens is 1. The van der Waals surface area contributed by atoms with Gasteiger partial charge in [-0.25, -0.2) is 4.79 Å². The van der Waals surface area contributed by atoms with Gasteiger partial charge in [0.05, 0.1) is 5.02 Å². The number of hydrogen-bond acceptors (Lipinski definition) is 2. The Morgan fingerprint density at radius 3 is 2.57 bits per heavy atom. The van der Waals surface area contributed by atoms with Gasteiger partial charge < -0.3 is 9.84 Å². The van der Waals surface area contributed by atoms with Crippen LogP contribution in [0, 0.1) is 13.8 Å². The molecule has 0 aliphatic carbocycles. The van der Waals surface area contributed by atoms with Gasteiger partial charge in [0.25, 0.3) is 0 Å². The Balaban J connectivity index is 2.20. The molecule has 0 aliphatic rings. The van der Waals surface area contributed by atoms with Gasteiger partial charge in [-0.1, -0.05) is 47.5 Å². The van der Waals surface area contributed by atoms with Crippen LogP contribution in [0.15, 0.2) is 42.5 Å². The molecule has 3 nitrogen and oxygen atoms in total. The third kappa shape index (κ3) is 3.99. The van der Waals surface area contributed by atoms with Gasteiger partial charge in [-0.2, -0.15) is 0 Å². The second-order valence-electron chi connectivity index (χ2n) is 5.01. The molecule has 1 atom stereocenters. The van der Waals surface area contributed by atoms with E-state index in [-0.39, 0.29) is 0 Å². The number of hydrogen-bond donors (Lipinski definition) is 1. The summed E-state index contributed by atoms with van der Waals surface area (Å²) in [7, 11) is 0. The topological polar surface area (TPSA) is 46.5 Å². The highest BCUT2D eigenvalue weighted by atomic mass is 35.5. The molecule has 1 N–H and O–H groups in total. The second kappa shape index (κ2) is 6.64. The van der Waals surface area contributed by atoms with Crippen LogP contribution < -0.4 is 4.74 Å². The number of carboxylic acids is 1. The zero-order chi connectivity index (χ0) is 15.4. The van der Waals surface area contributed by atoms with Crippen molar-refractivity contribution in [2.75, 3.05) is 0 Å². The van der Waals surface area contributed by atoms with Crippen LogP contribution in [-0.4, -0.2) is 17.2 Å². The standard InChI is InChI=1S/C17H17ClO3/c1-11-7-8-13(12(2)9-11)10-16(17(19)20)21-15-6-4-3-5-14(15)18/h3-9,16H,10H2,1-2H3,(H,19,20)/t16-/m0/s1. The maximum absolute atomic E-state index is 11.4.